The summed E-state index contributed by atoms with van der Waals surface area (Å²) in [5.41, 5.74) is 7.27. The van der Waals surface area contributed by atoms with E-state index in [9.17, 15) is 0 Å². The van der Waals surface area contributed by atoms with E-state index < -0.39 is 0 Å². The number of hydrogen-bond donors (Lipinski definition) is 3. The Labute approximate surface area is 102 Å². The molecule has 0 aromatic carbocycles. The fourth-order valence-electron chi connectivity index (χ4n) is 1.40. The highest BCUT2D eigenvalue weighted by Gasteiger charge is 2.11. The highest BCUT2D eigenvalue weighted by atomic mass is 79.9. The number of anilines is 2. The second kappa shape index (κ2) is 4.52. The van der Waals surface area contributed by atoms with Crippen LogP contribution in [0.3, 0.4) is 0 Å². The van der Waals surface area contributed by atoms with Crippen molar-refractivity contribution in [1.29, 1.82) is 0 Å². The van der Waals surface area contributed by atoms with Crippen molar-refractivity contribution in [3.05, 3.63) is 35.1 Å². The highest BCUT2D eigenvalue weighted by molar-refractivity contribution is 9.10. The Kier molecular flexibility index (Phi) is 3.09. The van der Waals surface area contributed by atoms with Gasteiger partial charge in [-0.3, -0.25) is 4.98 Å². The molecule has 2 aromatic heterocycles. The van der Waals surface area contributed by atoms with E-state index in [4.69, 9.17) is 5.73 Å². The predicted octanol–water partition coefficient (Wildman–Crippen LogP) is 2.32. The molecular formula is C10H12BrN5. The van der Waals surface area contributed by atoms with Crippen molar-refractivity contribution >= 4 is 27.3 Å². The molecule has 5 nitrogen and oxygen atoms in total. The molecule has 0 fully saturated rings. The topological polar surface area (TPSA) is 79.6 Å². The number of imidazole rings is 1. The summed E-state index contributed by atoms with van der Waals surface area (Å²) in [6.45, 7) is 2.01. The van der Waals surface area contributed by atoms with Crippen LogP contribution in [0.2, 0.25) is 0 Å². The van der Waals surface area contributed by atoms with Gasteiger partial charge in [0.25, 0.3) is 0 Å². The molecule has 84 valence electrons. The van der Waals surface area contributed by atoms with E-state index >= 15 is 0 Å². The second-order valence-corrected chi connectivity index (χ2v) is 4.28. The molecule has 0 aliphatic heterocycles. The van der Waals surface area contributed by atoms with Crippen molar-refractivity contribution in [3.8, 4) is 0 Å². The van der Waals surface area contributed by atoms with Crippen LogP contribution >= 0.6 is 15.9 Å². The van der Waals surface area contributed by atoms with Gasteiger partial charge < -0.3 is 16.0 Å². The van der Waals surface area contributed by atoms with Crippen molar-refractivity contribution in [1.82, 2.24) is 15.0 Å². The van der Waals surface area contributed by atoms with E-state index in [0.717, 1.165) is 16.0 Å². The Hall–Kier alpha value is -1.56. The predicted molar refractivity (Wildman–Crippen MR) is 67.0 cm³/mol. The maximum Gasteiger partial charge on any atom is 0.128 e. The lowest BCUT2D eigenvalue weighted by Crippen LogP contribution is -2.10. The molecule has 0 spiro atoms. The van der Waals surface area contributed by atoms with E-state index in [0.29, 0.717) is 5.69 Å². The minimum absolute atomic E-state index is 0.0519. The van der Waals surface area contributed by atoms with Gasteiger partial charge in [-0.05, 0) is 22.9 Å². The third kappa shape index (κ3) is 2.16. The van der Waals surface area contributed by atoms with Crippen LogP contribution in [0, 0.1) is 0 Å². The number of halogens is 1. The molecule has 1 atom stereocenters. The van der Waals surface area contributed by atoms with Gasteiger partial charge in [-0.25, -0.2) is 4.98 Å². The van der Waals surface area contributed by atoms with Gasteiger partial charge in [0.1, 0.15) is 5.82 Å². The van der Waals surface area contributed by atoms with Gasteiger partial charge in [0.15, 0.2) is 0 Å². The number of nitrogens with one attached hydrogen (secondary N) is 2. The fourth-order valence-corrected chi connectivity index (χ4v) is 1.86. The normalized spacial score (nSPS) is 12.4. The van der Waals surface area contributed by atoms with Crippen molar-refractivity contribution in [2.75, 3.05) is 11.1 Å². The molecule has 2 aromatic rings. The molecule has 4 N–H and O–H groups in total. The maximum atomic E-state index is 5.84. The third-order valence-corrected chi connectivity index (χ3v) is 2.82. The molecule has 0 aliphatic rings. The van der Waals surface area contributed by atoms with Crippen LogP contribution in [0.15, 0.2) is 29.3 Å². The van der Waals surface area contributed by atoms with Gasteiger partial charge in [0.05, 0.1) is 28.1 Å². The Bertz CT molecular complexity index is 448. The molecule has 0 radical (unpaired) electrons. The molecule has 2 heterocycles. The highest BCUT2D eigenvalue weighted by Crippen LogP contribution is 2.29. The molecule has 6 heteroatoms. The van der Waals surface area contributed by atoms with Crippen LogP contribution in [0.5, 0.6) is 0 Å². The Morgan fingerprint density at radius 1 is 1.50 bits per heavy atom. The van der Waals surface area contributed by atoms with Crippen LogP contribution in [0.25, 0.3) is 0 Å². The number of rotatable bonds is 3. The number of aromatic amines is 1. The molecule has 0 aliphatic carbocycles. The Morgan fingerprint density at radius 3 is 2.94 bits per heavy atom. The Morgan fingerprint density at radius 2 is 2.31 bits per heavy atom. The maximum absolute atomic E-state index is 5.84. The number of aromatic nitrogens is 3. The zero-order valence-corrected chi connectivity index (χ0v) is 10.3. The first-order valence-corrected chi connectivity index (χ1v) is 5.62. The van der Waals surface area contributed by atoms with Crippen molar-refractivity contribution < 1.29 is 0 Å². The molecule has 0 amide bonds. The lowest BCUT2D eigenvalue weighted by atomic mass is 10.2. The zero-order valence-electron chi connectivity index (χ0n) is 8.74. The number of nitrogens with two attached hydrogens (primary N) is 1. The van der Waals surface area contributed by atoms with Crippen molar-refractivity contribution in [3.63, 3.8) is 0 Å². The summed E-state index contributed by atoms with van der Waals surface area (Å²) in [6.07, 6.45) is 6.83. The van der Waals surface area contributed by atoms with E-state index in [1.807, 2.05) is 6.92 Å². The van der Waals surface area contributed by atoms with Crippen LogP contribution in [0.1, 0.15) is 18.8 Å². The van der Waals surface area contributed by atoms with Crippen LogP contribution < -0.4 is 11.1 Å². The lowest BCUT2D eigenvalue weighted by molar-refractivity contribution is 0.809. The number of nitrogens with zero attached hydrogens (tertiary/aromatic N) is 2. The summed E-state index contributed by atoms with van der Waals surface area (Å²) in [4.78, 5) is 11.2. The first-order valence-electron chi connectivity index (χ1n) is 4.83. The number of pyridine rings is 1. The monoisotopic (exact) mass is 281 g/mol. The van der Waals surface area contributed by atoms with Gasteiger partial charge in [0, 0.05) is 18.6 Å². The van der Waals surface area contributed by atoms with Crippen molar-refractivity contribution in [2.24, 2.45) is 0 Å². The fraction of sp³-hybridized carbons (Fsp3) is 0.200. The molecule has 0 saturated carbocycles. The van der Waals surface area contributed by atoms with E-state index in [-0.39, 0.29) is 6.04 Å². The van der Waals surface area contributed by atoms with E-state index in [1.54, 1.807) is 24.8 Å². The molecule has 16 heavy (non-hydrogen) atoms. The summed E-state index contributed by atoms with van der Waals surface area (Å²) in [7, 11) is 0. The summed E-state index contributed by atoms with van der Waals surface area (Å²) in [6, 6.07) is 0.0519. The van der Waals surface area contributed by atoms with Crippen LogP contribution in [0.4, 0.5) is 11.4 Å². The van der Waals surface area contributed by atoms with Gasteiger partial charge in [0.2, 0.25) is 0 Å². The molecule has 0 saturated heterocycles. The average Bonchev–Trinajstić information content (AvgIpc) is 2.76. The summed E-state index contributed by atoms with van der Waals surface area (Å²) < 4.78 is 0.839. The van der Waals surface area contributed by atoms with Gasteiger partial charge >= 0.3 is 0 Å². The summed E-state index contributed by atoms with van der Waals surface area (Å²) in [5.74, 6) is 0.864. The Balaban J connectivity index is 2.21. The summed E-state index contributed by atoms with van der Waals surface area (Å²) in [5, 5.41) is 3.28. The quantitative estimate of drug-likeness (QED) is 0.807. The lowest BCUT2D eigenvalue weighted by Gasteiger charge is -2.15. The van der Waals surface area contributed by atoms with Crippen LogP contribution in [-0.2, 0) is 0 Å². The largest absolute Gasteiger partial charge is 0.396 e. The average molecular weight is 282 g/mol. The van der Waals surface area contributed by atoms with E-state index in [2.05, 4.69) is 36.2 Å². The van der Waals surface area contributed by atoms with E-state index in [1.165, 1.54) is 0 Å². The van der Waals surface area contributed by atoms with Gasteiger partial charge in [-0.15, -0.1) is 0 Å². The number of hydrogen-bond acceptors (Lipinski definition) is 4. The second-order valence-electron chi connectivity index (χ2n) is 3.43. The molecule has 0 bridgehead atoms. The first kappa shape index (κ1) is 10.9. The van der Waals surface area contributed by atoms with Gasteiger partial charge in [-0.2, -0.15) is 0 Å². The molecule has 2 rings (SSSR count). The standard InChI is InChI=1S/C10H12BrN5/c1-6(10-14-2-3-15-10)16-9-7(11)4-13-5-8(9)12/h2-6H,12H2,1H3,(H,13,16)(H,14,15). The number of H-pyrrole nitrogens is 1. The smallest absolute Gasteiger partial charge is 0.128 e. The van der Waals surface area contributed by atoms with Crippen molar-refractivity contribution in [2.45, 2.75) is 13.0 Å². The first-order chi connectivity index (χ1) is 7.68. The summed E-state index contributed by atoms with van der Waals surface area (Å²) >= 11 is 3.40. The minimum atomic E-state index is 0.0519. The minimum Gasteiger partial charge on any atom is -0.396 e. The van der Waals surface area contributed by atoms with Gasteiger partial charge in [-0.1, -0.05) is 0 Å². The third-order valence-electron chi connectivity index (χ3n) is 2.22. The molecule has 1 unspecified atom stereocenters. The molecular weight excluding hydrogens is 270 g/mol. The zero-order chi connectivity index (χ0) is 11.5. The SMILES string of the molecule is CC(Nc1c(N)cncc1Br)c1ncc[nH]1. The number of nitrogen functional groups attached to an aromatic ring is 1. The van der Waals surface area contributed by atoms with Crippen LogP contribution in [-0.4, -0.2) is 15.0 Å².